The van der Waals surface area contributed by atoms with E-state index in [0.717, 1.165) is 0 Å². The van der Waals surface area contributed by atoms with Crippen LogP contribution in [0.2, 0.25) is 0 Å². The topological polar surface area (TPSA) is 102 Å². The minimum atomic E-state index is -1.62. The van der Waals surface area contributed by atoms with Crippen molar-refractivity contribution in [3.05, 3.63) is 51.1 Å². The molecule has 2 fully saturated rings. The van der Waals surface area contributed by atoms with Gasteiger partial charge in [-0.25, -0.2) is 4.79 Å². The smallest absolute Gasteiger partial charge is 0.339 e. The first kappa shape index (κ1) is 22.7. The van der Waals surface area contributed by atoms with Crippen LogP contribution in [0.1, 0.15) is 52.9 Å². The largest absolute Gasteiger partial charge is 0.496 e. The number of hydrogen-bond donors (Lipinski definition) is 2. The van der Waals surface area contributed by atoms with Crippen LogP contribution in [0.4, 0.5) is 0 Å². The standard InChI is InChI=1S/C23H32O7/c1-12(10-21(5,26)19-14(3)16(27-8)9-17(24)28-19)18(25)13(2)11-22(6)20-23(7,30-20)15(4)29-22/h9-11,15,18,20,25-26H,1-8H3. The van der Waals surface area contributed by atoms with Crippen LogP contribution in [-0.4, -0.2) is 46.8 Å². The Hall–Kier alpha value is -1.93. The second-order valence-corrected chi connectivity index (χ2v) is 9.04. The van der Waals surface area contributed by atoms with E-state index in [2.05, 4.69) is 0 Å². The first-order valence-electron chi connectivity index (χ1n) is 10.1. The summed E-state index contributed by atoms with van der Waals surface area (Å²) in [6.07, 6.45) is 2.33. The van der Waals surface area contributed by atoms with E-state index in [1.54, 1.807) is 13.8 Å². The highest BCUT2D eigenvalue weighted by Crippen LogP contribution is 2.55. The van der Waals surface area contributed by atoms with Gasteiger partial charge in [0.25, 0.3) is 0 Å². The van der Waals surface area contributed by atoms with Gasteiger partial charge in [0.2, 0.25) is 0 Å². The fourth-order valence-electron chi connectivity index (χ4n) is 4.59. The van der Waals surface area contributed by atoms with E-state index in [1.165, 1.54) is 26.2 Å². The zero-order valence-corrected chi connectivity index (χ0v) is 18.9. The highest BCUT2D eigenvalue weighted by Gasteiger charge is 2.71. The van der Waals surface area contributed by atoms with Gasteiger partial charge in [-0.1, -0.05) is 0 Å². The molecule has 6 atom stereocenters. The van der Waals surface area contributed by atoms with Crippen molar-refractivity contribution in [3.63, 3.8) is 0 Å². The van der Waals surface area contributed by atoms with Crippen LogP contribution >= 0.6 is 0 Å². The highest BCUT2D eigenvalue weighted by molar-refractivity contribution is 5.38. The Labute approximate surface area is 177 Å². The third-order valence-corrected chi connectivity index (χ3v) is 6.32. The summed E-state index contributed by atoms with van der Waals surface area (Å²) in [4.78, 5) is 11.8. The molecule has 3 rings (SSSR count). The summed E-state index contributed by atoms with van der Waals surface area (Å²) in [5.74, 6) is 0.402. The lowest BCUT2D eigenvalue weighted by atomic mass is 9.89. The molecule has 1 aromatic heterocycles. The first-order valence-corrected chi connectivity index (χ1v) is 10.1. The second kappa shape index (κ2) is 7.34. The van der Waals surface area contributed by atoms with Gasteiger partial charge < -0.3 is 28.8 Å². The molecule has 0 spiro atoms. The van der Waals surface area contributed by atoms with Crippen molar-refractivity contribution in [2.24, 2.45) is 0 Å². The summed E-state index contributed by atoms with van der Waals surface area (Å²) >= 11 is 0. The van der Waals surface area contributed by atoms with E-state index < -0.39 is 22.9 Å². The van der Waals surface area contributed by atoms with Gasteiger partial charge >= 0.3 is 5.63 Å². The molecule has 0 amide bonds. The Morgan fingerprint density at radius 1 is 1.30 bits per heavy atom. The maximum atomic E-state index is 11.8. The fourth-order valence-corrected chi connectivity index (χ4v) is 4.59. The summed E-state index contributed by atoms with van der Waals surface area (Å²) in [6.45, 7) is 12.7. The van der Waals surface area contributed by atoms with Gasteiger partial charge in [-0.3, -0.25) is 0 Å². The number of ether oxygens (including phenoxy) is 3. The fraction of sp³-hybridized carbons (Fsp3) is 0.609. The minimum absolute atomic E-state index is 0.0370. The van der Waals surface area contributed by atoms with Crippen LogP contribution < -0.4 is 10.4 Å². The number of aliphatic hydroxyl groups excluding tert-OH is 1. The van der Waals surface area contributed by atoms with Crippen molar-refractivity contribution in [2.75, 3.05) is 7.11 Å². The summed E-state index contributed by atoms with van der Waals surface area (Å²) in [5, 5.41) is 21.9. The average molecular weight is 421 g/mol. The number of fused-ring (bicyclic) bond motifs is 1. The Morgan fingerprint density at radius 3 is 2.43 bits per heavy atom. The molecular weight excluding hydrogens is 388 g/mol. The predicted molar refractivity (Wildman–Crippen MR) is 112 cm³/mol. The summed E-state index contributed by atoms with van der Waals surface area (Å²) in [6, 6.07) is 1.23. The number of hydrogen-bond acceptors (Lipinski definition) is 7. The zero-order valence-electron chi connectivity index (χ0n) is 18.9. The molecule has 7 heteroatoms. The van der Waals surface area contributed by atoms with Gasteiger partial charge in [-0.2, -0.15) is 0 Å². The predicted octanol–water partition coefficient (Wildman–Crippen LogP) is 2.75. The highest BCUT2D eigenvalue weighted by atomic mass is 16.7. The van der Waals surface area contributed by atoms with Gasteiger partial charge in [0.1, 0.15) is 34.4 Å². The van der Waals surface area contributed by atoms with E-state index in [-0.39, 0.29) is 23.6 Å². The molecule has 2 saturated heterocycles. The Kier molecular flexibility index (Phi) is 5.56. The molecule has 2 N–H and O–H groups in total. The van der Waals surface area contributed by atoms with Crippen LogP contribution in [0.5, 0.6) is 5.75 Å². The number of rotatable bonds is 6. The van der Waals surface area contributed by atoms with E-state index >= 15 is 0 Å². The van der Waals surface area contributed by atoms with E-state index in [0.29, 0.717) is 22.5 Å². The third kappa shape index (κ3) is 3.75. The number of epoxide rings is 1. The SMILES string of the molecule is COc1cc(=O)oc(C(C)(O)C=C(C)C(O)C(C)=CC2(C)OC(C)C3(C)OC23)c1C. The normalized spacial score (nSPS) is 34.3. The van der Waals surface area contributed by atoms with Gasteiger partial charge in [-0.15, -0.1) is 0 Å². The van der Waals surface area contributed by atoms with Crippen LogP contribution in [-0.2, 0) is 15.1 Å². The Morgan fingerprint density at radius 2 is 1.93 bits per heavy atom. The van der Waals surface area contributed by atoms with Gasteiger partial charge in [0.05, 0.1) is 25.4 Å². The molecule has 2 aliphatic heterocycles. The molecular formula is C23H32O7. The molecule has 30 heavy (non-hydrogen) atoms. The molecule has 0 aliphatic carbocycles. The third-order valence-electron chi connectivity index (χ3n) is 6.32. The van der Waals surface area contributed by atoms with Crippen LogP contribution in [0.3, 0.4) is 0 Å². The molecule has 0 radical (unpaired) electrons. The van der Waals surface area contributed by atoms with Gasteiger partial charge in [0.15, 0.2) is 0 Å². The average Bonchev–Trinajstić information content (AvgIpc) is 3.31. The molecule has 3 heterocycles. The summed E-state index contributed by atoms with van der Waals surface area (Å²) in [5.41, 5.74) is -1.46. The van der Waals surface area contributed by atoms with Crippen LogP contribution in [0.15, 0.2) is 38.6 Å². The first-order chi connectivity index (χ1) is 13.7. The van der Waals surface area contributed by atoms with Crippen molar-refractivity contribution in [3.8, 4) is 5.75 Å². The van der Waals surface area contributed by atoms with Crippen molar-refractivity contribution in [1.29, 1.82) is 0 Å². The zero-order chi connectivity index (χ0) is 22.6. The van der Waals surface area contributed by atoms with Crippen LogP contribution in [0, 0.1) is 6.92 Å². The molecule has 7 nitrogen and oxygen atoms in total. The maximum absolute atomic E-state index is 11.8. The number of methoxy groups -OCH3 is 1. The lowest BCUT2D eigenvalue weighted by Gasteiger charge is -2.26. The quantitative estimate of drug-likeness (QED) is 0.539. The van der Waals surface area contributed by atoms with Gasteiger partial charge in [0, 0.05) is 5.56 Å². The van der Waals surface area contributed by atoms with Crippen molar-refractivity contribution < 1.29 is 28.8 Å². The second-order valence-electron chi connectivity index (χ2n) is 9.04. The lowest BCUT2D eigenvalue weighted by molar-refractivity contribution is -0.0724. The monoisotopic (exact) mass is 420 g/mol. The lowest BCUT2D eigenvalue weighted by Crippen LogP contribution is -2.31. The molecule has 166 valence electrons. The van der Waals surface area contributed by atoms with Crippen molar-refractivity contribution >= 4 is 0 Å². The molecule has 2 aliphatic rings. The van der Waals surface area contributed by atoms with Crippen molar-refractivity contribution in [1.82, 2.24) is 0 Å². The maximum Gasteiger partial charge on any atom is 0.339 e. The minimum Gasteiger partial charge on any atom is -0.496 e. The Balaban J connectivity index is 1.88. The van der Waals surface area contributed by atoms with E-state index in [9.17, 15) is 15.0 Å². The van der Waals surface area contributed by atoms with E-state index in [4.69, 9.17) is 18.6 Å². The molecule has 6 unspecified atom stereocenters. The number of aliphatic hydroxyl groups is 2. The molecule has 1 aromatic rings. The molecule has 0 aromatic carbocycles. The van der Waals surface area contributed by atoms with Crippen LogP contribution in [0.25, 0.3) is 0 Å². The summed E-state index contributed by atoms with van der Waals surface area (Å²) in [7, 11) is 1.44. The van der Waals surface area contributed by atoms with E-state index in [1.807, 2.05) is 33.8 Å². The van der Waals surface area contributed by atoms with Crippen molar-refractivity contribution in [2.45, 2.75) is 83.6 Å². The Bertz CT molecular complexity index is 957. The molecule has 0 bridgehead atoms. The molecule has 0 saturated carbocycles. The van der Waals surface area contributed by atoms with Gasteiger partial charge in [-0.05, 0) is 71.8 Å². The summed E-state index contributed by atoms with van der Waals surface area (Å²) < 4.78 is 22.4.